The van der Waals surface area contributed by atoms with Gasteiger partial charge in [-0.2, -0.15) is 0 Å². The van der Waals surface area contributed by atoms with Crippen LogP contribution in [0.3, 0.4) is 0 Å². The fourth-order valence-electron chi connectivity index (χ4n) is 4.25. The Bertz CT molecular complexity index is 758. The largest absolute Gasteiger partial charge is 0.352 e. The van der Waals surface area contributed by atoms with Crippen molar-refractivity contribution in [1.82, 2.24) is 20.9 Å². The summed E-state index contributed by atoms with van der Waals surface area (Å²) in [6, 6.07) is 7.85. The van der Waals surface area contributed by atoms with Gasteiger partial charge >= 0.3 is 0 Å². The molecular weight excluding hydrogens is 378 g/mol. The van der Waals surface area contributed by atoms with Gasteiger partial charge in [0, 0.05) is 50.7 Å². The summed E-state index contributed by atoms with van der Waals surface area (Å²) in [5.41, 5.74) is 1.69. The van der Waals surface area contributed by atoms with Crippen LogP contribution in [0.15, 0.2) is 29.3 Å². The quantitative estimate of drug-likeness (QED) is 0.473. The predicted octanol–water partition coefficient (Wildman–Crippen LogP) is 2.28. The minimum absolute atomic E-state index is 0.0424. The molecule has 7 nitrogen and oxygen atoms in total. The summed E-state index contributed by atoms with van der Waals surface area (Å²) in [6.45, 7) is 4.85. The number of nitrogens with one attached hydrogen (secondary N) is 3. The first-order valence-electron chi connectivity index (χ1n) is 11.2. The van der Waals surface area contributed by atoms with Crippen molar-refractivity contribution in [2.45, 2.75) is 58.0 Å². The zero-order valence-electron chi connectivity index (χ0n) is 18.2. The summed E-state index contributed by atoms with van der Waals surface area (Å²) in [7, 11) is 1.75. The Morgan fingerprint density at radius 2 is 1.97 bits per heavy atom. The summed E-state index contributed by atoms with van der Waals surface area (Å²) < 4.78 is 0. The maximum absolute atomic E-state index is 12.6. The Morgan fingerprint density at radius 1 is 1.17 bits per heavy atom. The molecule has 0 bridgehead atoms. The van der Waals surface area contributed by atoms with Crippen molar-refractivity contribution in [1.29, 1.82) is 0 Å². The van der Waals surface area contributed by atoms with Gasteiger partial charge in [0.2, 0.25) is 5.91 Å². The van der Waals surface area contributed by atoms with Crippen molar-refractivity contribution in [3.8, 4) is 0 Å². The topological polar surface area (TPSA) is 85.8 Å². The maximum atomic E-state index is 12.6. The number of amides is 2. The van der Waals surface area contributed by atoms with Gasteiger partial charge in [-0.3, -0.25) is 14.6 Å². The highest BCUT2D eigenvalue weighted by Crippen LogP contribution is 2.27. The average Bonchev–Trinajstić information content (AvgIpc) is 3.47. The second kappa shape index (κ2) is 11.0. The first-order valence-corrected chi connectivity index (χ1v) is 11.2. The number of benzene rings is 1. The van der Waals surface area contributed by atoms with Crippen LogP contribution >= 0.6 is 0 Å². The SMILES string of the molecule is CCCNC(=O)c1cccc(CNC(=NC)NC2CCN(C(=O)C3CCCC3)C2)c1. The van der Waals surface area contributed by atoms with E-state index in [2.05, 4.69) is 20.9 Å². The highest BCUT2D eigenvalue weighted by molar-refractivity contribution is 5.94. The minimum atomic E-state index is -0.0424. The molecule has 1 aromatic rings. The summed E-state index contributed by atoms with van der Waals surface area (Å²) in [5.74, 6) is 1.25. The summed E-state index contributed by atoms with van der Waals surface area (Å²) in [5, 5.41) is 9.67. The molecule has 2 aliphatic rings. The van der Waals surface area contributed by atoms with Crippen LogP contribution in [0.2, 0.25) is 0 Å². The lowest BCUT2D eigenvalue weighted by molar-refractivity contribution is -0.134. The molecule has 3 N–H and O–H groups in total. The third-order valence-electron chi connectivity index (χ3n) is 5.95. The van der Waals surface area contributed by atoms with E-state index >= 15 is 0 Å². The van der Waals surface area contributed by atoms with Crippen molar-refractivity contribution in [2.24, 2.45) is 10.9 Å². The number of hydrogen-bond donors (Lipinski definition) is 3. The summed E-state index contributed by atoms with van der Waals surface area (Å²) >= 11 is 0. The fourth-order valence-corrected chi connectivity index (χ4v) is 4.25. The van der Waals surface area contributed by atoms with Crippen LogP contribution in [0, 0.1) is 5.92 Å². The van der Waals surface area contributed by atoms with Gasteiger partial charge in [-0.1, -0.05) is 31.9 Å². The molecule has 3 rings (SSSR count). The summed E-state index contributed by atoms with van der Waals surface area (Å²) in [4.78, 5) is 31.1. The molecule has 2 amide bonds. The van der Waals surface area contributed by atoms with E-state index in [1.54, 1.807) is 7.05 Å². The highest BCUT2D eigenvalue weighted by atomic mass is 16.2. The number of carbonyl (C=O) groups excluding carboxylic acids is 2. The molecule has 1 unspecified atom stereocenters. The fraction of sp³-hybridized carbons (Fsp3) is 0.609. The number of guanidine groups is 1. The van der Waals surface area contributed by atoms with E-state index in [1.807, 2.05) is 36.1 Å². The second-order valence-electron chi connectivity index (χ2n) is 8.28. The Morgan fingerprint density at radius 3 is 2.70 bits per heavy atom. The lowest BCUT2D eigenvalue weighted by Gasteiger charge is -2.21. The Kier molecular flexibility index (Phi) is 8.11. The van der Waals surface area contributed by atoms with Crippen molar-refractivity contribution >= 4 is 17.8 Å². The molecule has 1 saturated heterocycles. The molecule has 1 aliphatic heterocycles. The third kappa shape index (κ3) is 5.97. The lowest BCUT2D eigenvalue weighted by atomic mass is 10.1. The Labute approximate surface area is 179 Å². The van der Waals surface area contributed by atoms with Crippen molar-refractivity contribution in [2.75, 3.05) is 26.7 Å². The molecule has 1 aliphatic carbocycles. The lowest BCUT2D eigenvalue weighted by Crippen LogP contribution is -2.45. The van der Waals surface area contributed by atoms with Crippen LogP contribution in [-0.2, 0) is 11.3 Å². The molecule has 1 aromatic carbocycles. The zero-order chi connectivity index (χ0) is 21.3. The molecule has 1 heterocycles. The zero-order valence-corrected chi connectivity index (χ0v) is 18.2. The van der Waals surface area contributed by atoms with Gasteiger partial charge in [0.15, 0.2) is 5.96 Å². The van der Waals surface area contributed by atoms with E-state index in [4.69, 9.17) is 0 Å². The Hall–Kier alpha value is -2.57. The van der Waals surface area contributed by atoms with Gasteiger partial charge in [0.25, 0.3) is 5.91 Å². The Balaban J connectivity index is 1.47. The van der Waals surface area contributed by atoms with Crippen LogP contribution in [0.4, 0.5) is 0 Å². The van der Waals surface area contributed by atoms with E-state index < -0.39 is 0 Å². The highest BCUT2D eigenvalue weighted by Gasteiger charge is 2.32. The number of hydrogen-bond acceptors (Lipinski definition) is 3. The van der Waals surface area contributed by atoms with Gasteiger partial charge in [-0.15, -0.1) is 0 Å². The van der Waals surface area contributed by atoms with E-state index in [0.717, 1.165) is 50.3 Å². The van der Waals surface area contributed by atoms with Crippen molar-refractivity contribution in [3.63, 3.8) is 0 Å². The van der Waals surface area contributed by atoms with Gasteiger partial charge in [0.05, 0.1) is 0 Å². The molecular formula is C23H35N5O2. The number of likely N-dealkylation sites (tertiary alicyclic amines) is 1. The first-order chi connectivity index (χ1) is 14.6. The summed E-state index contributed by atoms with van der Waals surface area (Å²) in [6.07, 6.45) is 6.32. The predicted molar refractivity (Wildman–Crippen MR) is 119 cm³/mol. The van der Waals surface area contributed by atoms with Gasteiger partial charge in [-0.05, 0) is 43.4 Å². The van der Waals surface area contributed by atoms with Crippen LogP contribution < -0.4 is 16.0 Å². The van der Waals surface area contributed by atoms with Crippen molar-refractivity contribution < 1.29 is 9.59 Å². The molecule has 1 atom stereocenters. The molecule has 2 fully saturated rings. The van der Waals surface area contributed by atoms with Crippen LogP contribution in [0.5, 0.6) is 0 Å². The van der Waals surface area contributed by atoms with Crippen molar-refractivity contribution in [3.05, 3.63) is 35.4 Å². The molecule has 0 aromatic heterocycles. The normalized spacial score (nSPS) is 19.7. The van der Waals surface area contributed by atoms with Crippen LogP contribution in [0.25, 0.3) is 0 Å². The second-order valence-corrected chi connectivity index (χ2v) is 8.28. The van der Waals surface area contributed by atoms with E-state index in [9.17, 15) is 9.59 Å². The molecule has 7 heteroatoms. The maximum Gasteiger partial charge on any atom is 0.251 e. The van der Waals surface area contributed by atoms with Gasteiger partial charge in [0.1, 0.15) is 0 Å². The van der Waals surface area contributed by atoms with E-state index in [-0.39, 0.29) is 17.9 Å². The minimum Gasteiger partial charge on any atom is -0.352 e. The van der Waals surface area contributed by atoms with Gasteiger partial charge < -0.3 is 20.9 Å². The molecule has 0 radical (unpaired) electrons. The average molecular weight is 414 g/mol. The van der Waals surface area contributed by atoms with Gasteiger partial charge in [-0.25, -0.2) is 0 Å². The van der Waals surface area contributed by atoms with E-state index in [0.29, 0.717) is 24.6 Å². The van der Waals surface area contributed by atoms with E-state index in [1.165, 1.54) is 12.8 Å². The molecule has 1 saturated carbocycles. The number of carbonyl (C=O) groups is 2. The molecule has 30 heavy (non-hydrogen) atoms. The first kappa shape index (κ1) is 22.1. The van der Waals surface area contributed by atoms with Crippen LogP contribution in [0.1, 0.15) is 61.4 Å². The van der Waals surface area contributed by atoms with Crippen LogP contribution in [-0.4, -0.2) is 55.4 Å². The number of rotatable bonds is 7. The monoisotopic (exact) mass is 413 g/mol. The third-order valence-corrected chi connectivity index (χ3v) is 5.95. The standard InChI is InChI=1S/C23H35N5O2/c1-3-12-25-21(29)19-10-6-7-17(14-19)15-26-23(24-2)27-20-11-13-28(16-20)22(30)18-8-4-5-9-18/h6-7,10,14,18,20H,3-5,8-9,11-13,15-16H2,1-2H3,(H,25,29)(H2,24,26,27). The molecule has 0 spiro atoms. The number of nitrogens with zero attached hydrogens (tertiary/aromatic N) is 2. The number of aliphatic imine (C=N–C) groups is 1. The molecule has 164 valence electrons. The smallest absolute Gasteiger partial charge is 0.251 e.